The van der Waals surface area contributed by atoms with E-state index < -0.39 is 11.4 Å². The van der Waals surface area contributed by atoms with Crippen molar-refractivity contribution in [2.75, 3.05) is 44.4 Å². The zero-order valence-corrected chi connectivity index (χ0v) is 22.5. The highest BCUT2D eigenvalue weighted by atomic mass is 32.2. The lowest BCUT2D eigenvalue weighted by Crippen LogP contribution is -2.45. The molecule has 4 heterocycles. The summed E-state index contributed by atoms with van der Waals surface area (Å²) in [4.78, 5) is 11.9. The molecule has 2 aromatic heterocycles. The highest BCUT2D eigenvalue weighted by molar-refractivity contribution is 8.00. The zero-order valence-electron chi connectivity index (χ0n) is 21.7. The molecule has 0 aliphatic carbocycles. The van der Waals surface area contributed by atoms with E-state index in [9.17, 15) is 18.0 Å². The number of alkyl halides is 3. The summed E-state index contributed by atoms with van der Waals surface area (Å²) in [7, 11) is 3.06. The molecular formula is C28H30F3N5O2S. The Hall–Kier alpha value is -3.49. The van der Waals surface area contributed by atoms with Crippen molar-refractivity contribution in [1.29, 1.82) is 0 Å². The number of nitrogens with zero attached hydrogens (tertiary/aromatic N) is 1. The van der Waals surface area contributed by atoms with Crippen LogP contribution in [-0.2, 0) is 6.42 Å². The summed E-state index contributed by atoms with van der Waals surface area (Å²) >= 11 is 0.520. The number of aryl methyl sites for hydroxylation is 1. The van der Waals surface area contributed by atoms with Gasteiger partial charge in [-0.05, 0) is 67.5 Å². The minimum absolute atomic E-state index is 0.220. The molecule has 0 spiro atoms. The Morgan fingerprint density at radius 3 is 2.85 bits per heavy atom. The van der Waals surface area contributed by atoms with Crippen molar-refractivity contribution < 1.29 is 22.7 Å². The van der Waals surface area contributed by atoms with Gasteiger partial charge in [-0.3, -0.25) is 4.79 Å². The molecule has 2 atom stereocenters. The van der Waals surface area contributed by atoms with Crippen LogP contribution < -0.4 is 26.0 Å². The first-order valence-electron chi connectivity index (χ1n) is 12.8. The van der Waals surface area contributed by atoms with Gasteiger partial charge in [-0.25, -0.2) is 4.39 Å². The van der Waals surface area contributed by atoms with E-state index in [1.54, 1.807) is 31.3 Å². The molecule has 11 heteroatoms. The fourth-order valence-electron chi connectivity index (χ4n) is 4.87. The number of anilines is 2. The van der Waals surface area contributed by atoms with Crippen molar-refractivity contribution >= 4 is 34.6 Å². The average Bonchev–Trinajstić information content (AvgIpc) is 3.21. The molecule has 2 aliphatic heterocycles. The molecule has 2 aliphatic rings. The van der Waals surface area contributed by atoms with E-state index in [-0.39, 0.29) is 37.9 Å². The molecule has 206 valence electrons. The van der Waals surface area contributed by atoms with Gasteiger partial charge < -0.3 is 30.4 Å². The monoisotopic (exact) mass is 557 g/mol. The van der Waals surface area contributed by atoms with E-state index in [2.05, 4.69) is 33.1 Å². The predicted octanol–water partition coefficient (Wildman–Crippen LogP) is 4.51. The van der Waals surface area contributed by atoms with Crippen molar-refractivity contribution in [3.05, 3.63) is 53.2 Å². The number of carbonyl (C=O) groups excluding carboxylic acids is 1. The highest BCUT2D eigenvalue weighted by Gasteiger charge is 2.36. The fraction of sp³-hybridized carbons (Fsp3) is 0.393. The van der Waals surface area contributed by atoms with Gasteiger partial charge in [-0.1, -0.05) is 11.8 Å². The second-order valence-electron chi connectivity index (χ2n) is 9.47. The van der Waals surface area contributed by atoms with Crippen molar-refractivity contribution in [2.24, 2.45) is 0 Å². The summed E-state index contributed by atoms with van der Waals surface area (Å²) in [6.07, 6.45) is -0.475. The third-order valence-electron chi connectivity index (χ3n) is 6.91. The largest absolute Gasteiger partial charge is 0.495 e. The van der Waals surface area contributed by atoms with Crippen molar-refractivity contribution in [1.82, 2.24) is 15.0 Å². The molecule has 7 nitrogen and oxygen atoms in total. The standard InChI is InChI=1S/C28H30F3N5O2S/c1-32-26(37)17-5-7-23(25(15-17)38-2)34-12-3-4-18-14-24-22(35-21-10-13-33-16-20(21)29)8-6-19-9-11-28(30,31)39-27(18)36(19)24/h5-8,14-15,20-21,33-35H,9-13,16H2,1-2H3,(H,32,37)/t20-,21+/m0/s1. The van der Waals surface area contributed by atoms with E-state index in [0.29, 0.717) is 63.5 Å². The van der Waals surface area contributed by atoms with Crippen LogP contribution in [0.25, 0.3) is 5.52 Å². The summed E-state index contributed by atoms with van der Waals surface area (Å²) < 4.78 is 51.2. The Labute approximate surface area is 229 Å². The molecule has 0 bridgehead atoms. The summed E-state index contributed by atoms with van der Waals surface area (Å²) in [5.41, 5.74) is 3.78. The molecule has 1 saturated heterocycles. The Morgan fingerprint density at radius 1 is 1.26 bits per heavy atom. The molecule has 1 amide bonds. The zero-order chi connectivity index (χ0) is 27.6. The van der Waals surface area contributed by atoms with Crippen LogP contribution in [-0.4, -0.2) is 61.6 Å². The number of methoxy groups -OCH3 is 1. The van der Waals surface area contributed by atoms with Gasteiger partial charge >= 0.3 is 0 Å². The summed E-state index contributed by atoms with van der Waals surface area (Å²) in [5.74, 6) is 6.35. The van der Waals surface area contributed by atoms with Gasteiger partial charge in [0.2, 0.25) is 0 Å². The van der Waals surface area contributed by atoms with E-state index >= 15 is 0 Å². The third-order valence-corrected chi connectivity index (χ3v) is 8.01. The van der Waals surface area contributed by atoms with Crippen LogP contribution in [0.4, 0.5) is 24.5 Å². The number of nitrogens with one attached hydrogen (secondary N) is 4. The minimum atomic E-state index is -2.94. The van der Waals surface area contributed by atoms with Gasteiger partial charge in [0, 0.05) is 31.3 Å². The number of rotatable bonds is 6. The Bertz CT molecular complexity index is 1450. The maximum absolute atomic E-state index is 14.7. The summed E-state index contributed by atoms with van der Waals surface area (Å²) in [6, 6.07) is 10.2. The molecular weight excluding hydrogens is 527 g/mol. The predicted molar refractivity (Wildman–Crippen MR) is 148 cm³/mol. The molecule has 39 heavy (non-hydrogen) atoms. The number of pyridine rings is 1. The van der Waals surface area contributed by atoms with Gasteiger partial charge in [0.25, 0.3) is 11.2 Å². The summed E-state index contributed by atoms with van der Waals surface area (Å²) in [6.45, 7) is 1.21. The minimum Gasteiger partial charge on any atom is -0.495 e. The van der Waals surface area contributed by atoms with Crippen LogP contribution in [0.2, 0.25) is 0 Å². The first-order valence-corrected chi connectivity index (χ1v) is 13.6. The average molecular weight is 558 g/mol. The lowest BCUT2D eigenvalue weighted by molar-refractivity contribution is 0.0957. The number of piperidine rings is 1. The normalized spacial score (nSPS) is 19.9. The van der Waals surface area contributed by atoms with Gasteiger partial charge in [-0.2, -0.15) is 8.78 Å². The Morgan fingerprint density at radius 2 is 2.08 bits per heavy atom. The first kappa shape index (κ1) is 27.1. The van der Waals surface area contributed by atoms with E-state index in [1.165, 1.54) is 7.11 Å². The van der Waals surface area contributed by atoms with E-state index in [1.807, 2.05) is 16.5 Å². The number of hydrogen-bond acceptors (Lipinski definition) is 6. The van der Waals surface area contributed by atoms with Gasteiger partial charge in [0.15, 0.2) is 0 Å². The Balaban J connectivity index is 1.44. The molecule has 3 aromatic rings. The maximum atomic E-state index is 14.7. The number of amides is 1. The topological polar surface area (TPSA) is 78.8 Å². The lowest BCUT2D eigenvalue weighted by atomic mass is 10.0. The van der Waals surface area contributed by atoms with Crippen LogP contribution in [0, 0.1) is 11.8 Å². The first-order chi connectivity index (χ1) is 18.8. The second kappa shape index (κ2) is 11.3. The number of aromatic nitrogens is 1. The fourth-order valence-corrected chi connectivity index (χ4v) is 5.89. The van der Waals surface area contributed by atoms with Crippen molar-refractivity contribution in [3.63, 3.8) is 0 Å². The van der Waals surface area contributed by atoms with Crippen LogP contribution in [0.1, 0.15) is 34.5 Å². The van der Waals surface area contributed by atoms with Crippen LogP contribution in [0.5, 0.6) is 5.75 Å². The van der Waals surface area contributed by atoms with Crippen LogP contribution in [0.3, 0.4) is 0 Å². The van der Waals surface area contributed by atoms with Gasteiger partial charge in [0.05, 0.1) is 42.2 Å². The quantitative estimate of drug-likeness (QED) is 0.334. The molecule has 0 saturated carbocycles. The second-order valence-corrected chi connectivity index (χ2v) is 10.7. The van der Waals surface area contributed by atoms with Gasteiger partial charge in [-0.15, -0.1) is 0 Å². The van der Waals surface area contributed by atoms with Gasteiger partial charge in [0.1, 0.15) is 16.9 Å². The number of thioether (sulfide) groups is 1. The van der Waals surface area contributed by atoms with E-state index in [0.717, 1.165) is 5.69 Å². The molecule has 4 N–H and O–H groups in total. The van der Waals surface area contributed by atoms with Crippen molar-refractivity contribution in [3.8, 4) is 17.6 Å². The maximum Gasteiger partial charge on any atom is 0.299 e. The number of halogens is 3. The highest BCUT2D eigenvalue weighted by Crippen LogP contribution is 2.45. The molecule has 1 aromatic carbocycles. The number of hydrogen-bond donors (Lipinski definition) is 4. The van der Waals surface area contributed by atoms with Crippen LogP contribution in [0.15, 0.2) is 41.4 Å². The third kappa shape index (κ3) is 5.77. The smallest absolute Gasteiger partial charge is 0.299 e. The molecule has 5 rings (SSSR count). The van der Waals surface area contributed by atoms with E-state index in [4.69, 9.17) is 4.74 Å². The van der Waals surface area contributed by atoms with Crippen molar-refractivity contribution in [2.45, 2.75) is 41.8 Å². The Kier molecular flexibility index (Phi) is 7.86. The molecule has 0 radical (unpaired) electrons. The number of carbonyl (C=O) groups is 1. The molecule has 0 unspecified atom stereocenters. The number of ether oxygens (including phenoxy) is 1. The SMILES string of the molecule is CNC(=O)c1ccc(NCC#Cc2cc3c(N[C@@H]4CCNC[C@@H]4F)ccc4n3c2SC(F)(F)CC4)c(OC)c1. The summed E-state index contributed by atoms with van der Waals surface area (Å²) in [5, 5.41) is 9.54. The molecule has 1 fully saturated rings. The van der Waals surface area contributed by atoms with Crippen LogP contribution >= 0.6 is 11.8 Å². The lowest BCUT2D eigenvalue weighted by Gasteiger charge is -2.28. The number of benzene rings is 1.